The van der Waals surface area contributed by atoms with Crippen molar-refractivity contribution in [1.82, 2.24) is 0 Å². The molecule has 8 nitrogen and oxygen atoms in total. The average molecular weight is 490 g/mol. The molecule has 4 aromatic carbocycles. The van der Waals surface area contributed by atoms with Crippen molar-refractivity contribution in [1.29, 1.82) is 0 Å². The first kappa shape index (κ1) is 23.5. The Kier molecular flexibility index (Phi) is 5.96. The zero-order valence-corrected chi connectivity index (χ0v) is 19.1. The monoisotopic (exact) mass is 490 g/mol. The summed E-state index contributed by atoms with van der Waals surface area (Å²) in [5.41, 5.74) is 1.37. The van der Waals surface area contributed by atoms with E-state index in [-0.39, 0.29) is 31.9 Å². The van der Waals surface area contributed by atoms with Crippen LogP contribution in [0.3, 0.4) is 0 Å². The van der Waals surface area contributed by atoms with Gasteiger partial charge in [0.1, 0.15) is 27.2 Å². The summed E-state index contributed by atoms with van der Waals surface area (Å²) in [4.78, 5) is -0.676. The number of rotatable bonds is 6. The van der Waals surface area contributed by atoms with Crippen LogP contribution in [-0.4, -0.2) is 42.7 Å². The summed E-state index contributed by atoms with van der Waals surface area (Å²) < 4.78 is 56.1. The van der Waals surface area contributed by atoms with Crippen LogP contribution >= 0.6 is 0 Å². The molecule has 0 bridgehead atoms. The van der Waals surface area contributed by atoms with Crippen molar-refractivity contribution in [2.75, 3.05) is 9.44 Å². The first-order valence-corrected chi connectivity index (χ1v) is 12.7. The Morgan fingerprint density at radius 2 is 0.941 bits per heavy atom. The smallest absolute Gasteiger partial charge is 0.262 e. The quantitative estimate of drug-likeness (QED) is 0.303. The molecule has 4 N–H and O–H groups in total. The number of fused-ring (bicyclic) bond motifs is 1. The molecule has 12 heteroatoms. The van der Waals surface area contributed by atoms with Crippen LogP contribution < -0.4 is 20.4 Å². The van der Waals surface area contributed by atoms with E-state index in [9.17, 15) is 27.0 Å². The summed E-state index contributed by atoms with van der Waals surface area (Å²) in [5, 5.41) is 20.7. The highest BCUT2D eigenvalue weighted by atomic mass is 32.2. The first-order valence-electron chi connectivity index (χ1n) is 9.71. The zero-order valence-electron chi connectivity index (χ0n) is 17.4. The summed E-state index contributed by atoms with van der Waals surface area (Å²) in [6, 6.07) is 16.1. The van der Waals surface area contributed by atoms with Crippen LogP contribution in [0.5, 0.6) is 11.5 Å². The summed E-state index contributed by atoms with van der Waals surface area (Å²) >= 11 is 0. The van der Waals surface area contributed by atoms with Gasteiger partial charge in [-0.2, -0.15) is 0 Å². The Hall–Kier alpha value is -3.63. The highest BCUT2D eigenvalue weighted by Gasteiger charge is 2.22. The van der Waals surface area contributed by atoms with Crippen molar-refractivity contribution >= 4 is 68.8 Å². The van der Waals surface area contributed by atoms with Gasteiger partial charge in [0.05, 0.1) is 15.2 Å². The number of hydrogen-bond acceptors (Lipinski definition) is 6. The topological polar surface area (TPSA) is 133 Å². The number of hydrogen-bond donors (Lipinski definition) is 4. The summed E-state index contributed by atoms with van der Waals surface area (Å²) in [6.45, 7) is 0. The van der Waals surface area contributed by atoms with Crippen molar-refractivity contribution in [3.05, 3.63) is 72.8 Å². The maximum absolute atomic E-state index is 12.9. The van der Waals surface area contributed by atoms with E-state index in [2.05, 4.69) is 9.44 Å². The number of sulfonamides is 2. The molecular weight excluding hydrogens is 474 g/mol. The lowest BCUT2D eigenvalue weighted by Gasteiger charge is -2.13. The second kappa shape index (κ2) is 8.62. The van der Waals surface area contributed by atoms with E-state index in [4.69, 9.17) is 15.7 Å². The van der Waals surface area contributed by atoms with Gasteiger partial charge in [0.25, 0.3) is 20.0 Å². The molecule has 0 atom stereocenters. The Morgan fingerprint density at radius 1 is 0.588 bits per heavy atom. The van der Waals surface area contributed by atoms with Crippen molar-refractivity contribution in [2.45, 2.75) is 9.79 Å². The van der Waals surface area contributed by atoms with E-state index in [1.54, 1.807) is 0 Å². The number of anilines is 2. The number of benzene rings is 4. The number of aromatic hydroxyl groups is 2. The Balaban J connectivity index is 1.76. The summed E-state index contributed by atoms with van der Waals surface area (Å²) in [6.07, 6.45) is 0. The van der Waals surface area contributed by atoms with Crippen LogP contribution in [0.15, 0.2) is 82.6 Å². The van der Waals surface area contributed by atoms with Gasteiger partial charge in [-0.25, -0.2) is 16.8 Å². The minimum atomic E-state index is -4.16. The predicted molar refractivity (Wildman–Crippen MR) is 133 cm³/mol. The molecule has 0 aliphatic rings. The maximum atomic E-state index is 12.9. The van der Waals surface area contributed by atoms with Gasteiger partial charge in [0, 0.05) is 23.5 Å². The SMILES string of the molecule is [B]c1ccc(NS(=O)(=O)c2cc(O)c3c(O)cc(S(=O)(=O)Nc4ccc([B])cc4)cc3c2)cc1. The predicted octanol–water partition coefficient (Wildman–Crippen LogP) is 1.44. The molecule has 0 saturated heterocycles. The molecular formula is C22H16B2N2O6S2. The lowest BCUT2D eigenvalue weighted by atomic mass is 9.96. The highest BCUT2D eigenvalue weighted by Crippen LogP contribution is 2.37. The van der Waals surface area contributed by atoms with Crippen molar-refractivity contribution < 1.29 is 27.0 Å². The molecule has 0 heterocycles. The minimum absolute atomic E-state index is 0.00429. The molecule has 4 rings (SSSR count). The minimum Gasteiger partial charge on any atom is -0.507 e. The first-order chi connectivity index (χ1) is 15.9. The van der Waals surface area contributed by atoms with E-state index in [1.165, 1.54) is 48.5 Å². The van der Waals surface area contributed by atoms with Gasteiger partial charge >= 0.3 is 0 Å². The van der Waals surface area contributed by atoms with Gasteiger partial charge < -0.3 is 10.2 Å². The standard InChI is InChI=1S/C22H16B2N2O6S2/c23-14-1-5-16(6-2-14)25-33(29,30)18-9-13-10-19(12-21(28)22(13)20(27)11-18)34(31,32)26-17-7-3-15(24)4-8-17/h1-12,25-28H. The molecule has 0 amide bonds. The highest BCUT2D eigenvalue weighted by molar-refractivity contribution is 7.93. The van der Waals surface area contributed by atoms with Crippen LogP contribution in [0, 0.1) is 0 Å². The molecule has 0 fully saturated rings. The number of phenolic OH excluding ortho intramolecular Hbond substituents is 2. The molecule has 34 heavy (non-hydrogen) atoms. The fraction of sp³-hybridized carbons (Fsp3) is 0. The largest absolute Gasteiger partial charge is 0.507 e. The lowest BCUT2D eigenvalue weighted by molar-refractivity contribution is 0.461. The Bertz CT molecular complexity index is 1490. The van der Waals surface area contributed by atoms with E-state index in [0.29, 0.717) is 10.9 Å². The van der Waals surface area contributed by atoms with E-state index in [1.807, 2.05) is 0 Å². The molecule has 0 saturated carbocycles. The van der Waals surface area contributed by atoms with Gasteiger partial charge in [0.15, 0.2) is 0 Å². The molecule has 168 valence electrons. The third-order valence-corrected chi connectivity index (χ3v) is 7.62. The molecule has 4 radical (unpaired) electrons. The van der Waals surface area contributed by atoms with Gasteiger partial charge in [-0.15, -0.1) is 0 Å². The summed E-state index contributed by atoms with van der Waals surface area (Å²) in [5.74, 6) is -1.08. The fourth-order valence-electron chi connectivity index (χ4n) is 3.26. The van der Waals surface area contributed by atoms with Crippen molar-refractivity contribution in [3.63, 3.8) is 0 Å². The molecule has 0 aliphatic heterocycles. The lowest BCUT2D eigenvalue weighted by Crippen LogP contribution is -2.14. The Morgan fingerprint density at radius 3 is 1.29 bits per heavy atom. The Labute approximate surface area is 199 Å². The van der Waals surface area contributed by atoms with Gasteiger partial charge in [-0.1, -0.05) is 35.2 Å². The van der Waals surface area contributed by atoms with Crippen LogP contribution in [-0.2, 0) is 20.0 Å². The second-order valence-corrected chi connectivity index (χ2v) is 10.8. The van der Waals surface area contributed by atoms with E-state index in [0.717, 1.165) is 24.3 Å². The van der Waals surface area contributed by atoms with Crippen molar-refractivity contribution in [2.24, 2.45) is 0 Å². The normalized spacial score (nSPS) is 11.9. The van der Waals surface area contributed by atoms with E-state index >= 15 is 0 Å². The number of nitrogens with one attached hydrogen (secondary N) is 2. The van der Waals surface area contributed by atoms with Crippen molar-refractivity contribution in [3.8, 4) is 11.5 Å². The summed E-state index contributed by atoms with van der Waals surface area (Å²) in [7, 11) is 2.89. The van der Waals surface area contributed by atoms with Crippen LogP contribution in [0.25, 0.3) is 10.8 Å². The molecule has 0 spiro atoms. The third-order valence-electron chi connectivity index (χ3n) is 4.90. The van der Waals surface area contributed by atoms with Gasteiger partial charge in [-0.3, -0.25) is 9.44 Å². The molecule has 0 aromatic heterocycles. The average Bonchev–Trinajstić information content (AvgIpc) is 2.76. The third kappa shape index (κ3) is 4.82. The zero-order chi connectivity index (χ0) is 24.7. The van der Waals surface area contributed by atoms with Gasteiger partial charge in [0.2, 0.25) is 0 Å². The fourth-order valence-corrected chi connectivity index (χ4v) is 5.48. The van der Waals surface area contributed by atoms with Gasteiger partial charge in [-0.05, 0) is 41.8 Å². The van der Waals surface area contributed by atoms with Crippen LogP contribution in [0.1, 0.15) is 0 Å². The molecule has 4 aromatic rings. The molecule has 0 aliphatic carbocycles. The van der Waals surface area contributed by atoms with E-state index < -0.39 is 31.5 Å². The molecule has 0 unspecified atom stereocenters. The number of phenols is 2. The van der Waals surface area contributed by atoms with Crippen LogP contribution in [0.2, 0.25) is 0 Å². The van der Waals surface area contributed by atoms with Crippen LogP contribution in [0.4, 0.5) is 11.4 Å². The second-order valence-electron chi connectivity index (χ2n) is 7.44. The maximum Gasteiger partial charge on any atom is 0.262 e.